The van der Waals surface area contributed by atoms with Crippen LogP contribution in [0.15, 0.2) is 60.7 Å². The predicted molar refractivity (Wildman–Crippen MR) is 119 cm³/mol. The zero-order valence-corrected chi connectivity index (χ0v) is 17.7. The molecule has 0 saturated carbocycles. The van der Waals surface area contributed by atoms with Crippen molar-refractivity contribution < 1.29 is 23.5 Å². The highest BCUT2D eigenvalue weighted by Gasteiger charge is 2.32. The summed E-state index contributed by atoms with van der Waals surface area (Å²) in [6.07, 6.45) is 2.98. The van der Waals surface area contributed by atoms with Crippen LogP contribution in [-0.2, 0) is 16.2 Å². The van der Waals surface area contributed by atoms with Crippen LogP contribution in [0.3, 0.4) is 0 Å². The van der Waals surface area contributed by atoms with Crippen LogP contribution in [0.25, 0.3) is 6.08 Å². The molecule has 0 spiro atoms. The van der Waals surface area contributed by atoms with Crippen molar-refractivity contribution in [1.82, 2.24) is 10.2 Å². The zero-order chi connectivity index (χ0) is 22.4. The molecule has 1 fully saturated rings. The second-order valence-corrected chi connectivity index (χ2v) is 6.93. The Balaban J connectivity index is 1.86. The molecule has 2 aromatic rings. The molecule has 160 valence electrons. The number of hydrogen-bond acceptors (Lipinski definition) is 5. The summed E-state index contributed by atoms with van der Waals surface area (Å²) in [5.74, 6) is -0.610. The van der Waals surface area contributed by atoms with Gasteiger partial charge >= 0.3 is 0 Å². The van der Waals surface area contributed by atoms with Crippen LogP contribution >= 0.6 is 12.2 Å². The van der Waals surface area contributed by atoms with Crippen molar-refractivity contribution in [3.8, 4) is 11.5 Å². The van der Waals surface area contributed by atoms with E-state index in [2.05, 4.69) is 11.9 Å². The summed E-state index contributed by atoms with van der Waals surface area (Å²) in [6, 6.07) is 11.3. The van der Waals surface area contributed by atoms with Gasteiger partial charge in [-0.05, 0) is 49.0 Å². The van der Waals surface area contributed by atoms with Crippen LogP contribution in [-0.4, -0.2) is 35.0 Å². The van der Waals surface area contributed by atoms with Crippen molar-refractivity contribution in [2.24, 2.45) is 0 Å². The molecule has 1 heterocycles. The Hall–Kier alpha value is -3.52. The van der Waals surface area contributed by atoms with Crippen LogP contribution in [0.4, 0.5) is 4.39 Å². The second-order valence-electron chi connectivity index (χ2n) is 6.54. The number of halogens is 1. The quantitative estimate of drug-likeness (QED) is 0.294. The molecule has 0 unspecified atom stereocenters. The van der Waals surface area contributed by atoms with E-state index in [9.17, 15) is 14.0 Å². The molecule has 3 rings (SSSR count). The third-order valence-corrected chi connectivity index (χ3v) is 4.74. The Bertz CT molecular complexity index is 1070. The Morgan fingerprint density at radius 3 is 2.65 bits per heavy atom. The van der Waals surface area contributed by atoms with Gasteiger partial charge in [0.15, 0.2) is 16.6 Å². The lowest BCUT2D eigenvalue weighted by Gasteiger charge is -2.27. The molecule has 8 heteroatoms. The topological polar surface area (TPSA) is 67.9 Å². The number of carbonyl (C=O) groups excluding carboxylic acids is 2. The van der Waals surface area contributed by atoms with E-state index in [4.69, 9.17) is 21.7 Å². The van der Waals surface area contributed by atoms with E-state index >= 15 is 0 Å². The van der Waals surface area contributed by atoms with E-state index in [0.29, 0.717) is 29.2 Å². The first-order chi connectivity index (χ1) is 14.9. The Kier molecular flexibility index (Phi) is 7.15. The molecular weight excluding hydrogens is 419 g/mol. The summed E-state index contributed by atoms with van der Waals surface area (Å²) in [7, 11) is 0. The van der Waals surface area contributed by atoms with Gasteiger partial charge in [-0.15, -0.1) is 6.58 Å². The second kappa shape index (κ2) is 9.99. The number of thiocarbonyl (C=S) groups is 1. The van der Waals surface area contributed by atoms with Gasteiger partial charge < -0.3 is 9.47 Å². The number of nitrogens with one attached hydrogen (secondary N) is 1. The summed E-state index contributed by atoms with van der Waals surface area (Å²) < 4.78 is 25.2. The van der Waals surface area contributed by atoms with Gasteiger partial charge in [0.25, 0.3) is 11.8 Å². The van der Waals surface area contributed by atoms with Crippen LogP contribution < -0.4 is 14.8 Å². The van der Waals surface area contributed by atoms with Gasteiger partial charge in [-0.1, -0.05) is 30.3 Å². The fourth-order valence-electron chi connectivity index (χ4n) is 2.93. The van der Waals surface area contributed by atoms with Gasteiger partial charge in [0, 0.05) is 12.1 Å². The van der Waals surface area contributed by atoms with Crippen molar-refractivity contribution in [2.75, 3.05) is 13.2 Å². The third kappa shape index (κ3) is 5.16. The highest BCUT2D eigenvalue weighted by Crippen LogP contribution is 2.30. The van der Waals surface area contributed by atoms with E-state index in [1.54, 1.807) is 36.4 Å². The molecule has 1 saturated heterocycles. The highest BCUT2D eigenvalue weighted by atomic mass is 32.1. The van der Waals surface area contributed by atoms with Gasteiger partial charge in [-0.25, -0.2) is 4.39 Å². The molecule has 31 heavy (non-hydrogen) atoms. The van der Waals surface area contributed by atoms with Crippen LogP contribution in [0.2, 0.25) is 0 Å². The first-order valence-corrected chi connectivity index (χ1v) is 9.98. The number of ether oxygens (including phenoxy) is 2. The Morgan fingerprint density at radius 2 is 1.94 bits per heavy atom. The smallest absolute Gasteiger partial charge is 0.265 e. The van der Waals surface area contributed by atoms with E-state index < -0.39 is 11.8 Å². The van der Waals surface area contributed by atoms with Crippen molar-refractivity contribution >= 4 is 35.2 Å². The summed E-state index contributed by atoms with van der Waals surface area (Å²) >= 11 is 5.05. The summed E-state index contributed by atoms with van der Waals surface area (Å²) in [6.45, 7) is 6.00. The minimum Gasteiger partial charge on any atom is -0.490 e. The van der Waals surface area contributed by atoms with E-state index in [1.807, 2.05) is 6.92 Å². The lowest BCUT2D eigenvalue weighted by molar-refractivity contribution is -0.128. The number of carbonyl (C=O) groups is 2. The Labute approximate surface area is 185 Å². The molecule has 0 atom stereocenters. The fraction of sp³-hybridized carbons (Fsp3) is 0.174. The van der Waals surface area contributed by atoms with E-state index in [1.165, 1.54) is 23.1 Å². The molecule has 0 aliphatic carbocycles. The molecule has 6 nitrogen and oxygen atoms in total. The summed E-state index contributed by atoms with van der Waals surface area (Å²) in [5, 5.41) is 2.54. The minimum atomic E-state index is -0.576. The first kappa shape index (κ1) is 22.2. The van der Waals surface area contributed by atoms with Gasteiger partial charge in [0.1, 0.15) is 18.0 Å². The van der Waals surface area contributed by atoms with Crippen molar-refractivity contribution in [2.45, 2.75) is 13.5 Å². The SMILES string of the molecule is C=CCN1C(=O)C(=Cc2ccc(OCc3ccccc3F)c(OCC)c2)C(=O)NC1=S. The van der Waals surface area contributed by atoms with E-state index in [-0.39, 0.29) is 29.7 Å². The van der Waals surface area contributed by atoms with Crippen LogP contribution in [0.5, 0.6) is 11.5 Å². The van der Waals surface area contributed by atoms with Gasteiger partial charge in [0.05, 0.1) is 6.61 Å². The Morgan fingerprint density at radius 1 is 1.16 bits per heavy atom. The molecule has 0 bridgehead atoms. The number of hydrogen-bond donors (Lipinski definition) is 1. The third-order valence-electron chi connectivity index (χ3n) is 4.42. The van der Waals surface area contributed by atoms with Gasteiger partial charge in [-0.2, -0.15) is 0 Å². The number of nitrogens with zero attached hydrogens (tertiary/aromatic N) is 1. The average Bonchev–Trinajstić information content (AvgIpc) is 2.75. The fourth-order valence-corrected chi connectivity index (χ4v) is 3.18. The van der Waals surface area contributed by atoms with Gasteiger partial charge in [0.2, 0.25) is 0 Å². The number of amides is 2. The maximum atomic E-state index is 13.8. The molecule has 1 aliphatic rings. The predicted octanol–water partition coefficient (Wildman–Crippen LogP) is 3.62. The normalized spacial score (nSPS) is 15.1. The average molecular weight is 440 g/mol. The maximum Gasteiger partial charge on any atom is 0.265 e. The van der Waals surface area contributed by atoms with Crippen molar-refractivity contribution in [3.05, 3.63) is 77.6 Å². The molecule has 0 aromatic heterocycles. The van der Waals surface area contributed by atoms with Gasteiger partial charge in [-0.3, -0.25) is 19.8 Å². The largest absolute Gasteiger partial charge is 0.490 e. The summed E-state index contributed by atoms with van der Waals surface area (Å²) in [5.41, 5.74) is 0.920. The molecule has 2 amide bonds. The highest BCUT2D eigenvalue weighted by molar-refractivity contribution is 7.80. The monoisotopic (exact) mass is 440 g/mol. The van der Waals surface area contributed by atoms with Crippen molar-refractivity contribution in [1.29, 1.82) is 0 Å². The maximum absolute atomic E-state index is 13.8. The lowest BCUT2D eigenvalue weighted by Crippen LogP contribution is -2.53. The first-order valence-electron chi connectivity index (χ1n) is 9.57. The van der Waals surface area contributed by atoms with Crippen LogP contribution in [0, 0.1) is 5.82 Å². The number of rotatable bonds is 8. The minimum absolute atomic E-state index is 0.0298. The lowest BCUT2D eigenvalue weighted by atomic mass is 10.1. The zero-order valence-electron chi connectivity index (χ0n) is 16.9. The molecule has 1 N–H and O–H groups in total. The summed E-state index contributed by atoms with van der Waals surface area (Å²) in [4.78, 5) is 26.2. The van der Waals surface area contributed by atoms with Crippen LogP contribution in [0.1, 0.15) is 18.1 Å². The van der Waals surface area contributed by atoms with Crippen molar-refractivity contribution in [3.63, 3.8) is 0 Å². The molecule has 0 radical (unpaired) electrons. The standard InChI is InChI=1S/C23H21FN2O4S/c1-3-11-26-22(28)17(21(27)25-23(26)31)12-15-9-10-19(20(13-15)29-4-2)30-14-16-7-5-6-8-18(16)24/h3,5-10,12-13H,1,4,11,14H2,2H3,(H,25,27,31). The molecular formula is C23H21FN2O4S. The van der Waals surface area contributed by atoms with E-state index in [0.717, 1.165) is 0 Å². The molecule has 2 aromatic carbocycles. The molecule has 1 aliphatic heterocycles. The number of benzene rings is 2.